The second-order valence-electron chi connectivity index (χ2n) is 11.3. The number of carbonyl (C=O) groups excluding carboxylic acids is 1. The van der Waals surface area contributed by atoms with Crippen LogP contribution in [0.2, 0.25) is 0 Å². The third-order valence-corrected chi connectivity index (χ3v) is 9.14. The van der Waals surface area contributed by atoms with Gasteiger partial charge in [-0.25, -0.2) is 0 Å². The lowest BCUT2D eigenvalue weighted by Crippen LogP contribution is -2.39. The molecule has 1 aliphatic heterocycles. The molecule has 3 aromatic carbocycles. The summed E-state index contributed by atoms with van der Waals surface area (Å²) < 4.78 is 14.0. The number of aliphatic hydroxyl groups excluding tert-OH is 1. The number of ether oxygens (including phenoxy) is 2. The summed E-state index contributed by atoms with van der Waals surface area (Å²) in [7, 11) is 0. The average molecular weight is 643 g/mol. The maximum Gasteiger partial charge on any atom is 0.303 e. The number of carboxylic acid groups (broad SMARTS) is 1. The van der Waals surface area contributed by atoms with Crippen LogP contribution in [0.1, 0.15) is 60.8 Å². The zero-order valence-corrected chi connectivity index (χ0v) is 26.4. The van der Waals surface area contributed by atoms with Crippen molar-refractivity contribution >= 4 is 23.6 Å². The molecule has 1 fully saturated rings. The van der Waals surface area contributed by atoms with Crippen LogP contribution in [0.3, 0.4) is 0 Å². The van der Waals surface area contributed by atoms with Gasteiger partial charge in [-0.05, 0) is 46.4 Å². The molecule has 4 atom stereocenters. The Hall–Kier alpha value is -4.22. The third-order valence-electron chi connectivity index (χ3n) is 8.03. The topological polar surface area (TPSA) is 132 Å². The van der Waals surface area contributed by atoms with Gasteiger partial charge < -0.3 is 30.2 Å². The van der Waals surface area contributed by atoms with Crippen molar-refractivity contribution in [2.75, 3.05) is 5.75 Å². The van der Waals surface area contributed by atoms with Gasteiger partial charge in [-0.3, -0.25) is 9.59 Å². The largest absolute Gasteiger partial charge is 0.618 e. The number of aromatic nitrogens is 1. The van der Waals surface area contributed by atoms with Crippen LogP contribution in [-0.4, -0.2) is 33.9 Å². The molecule has 10 heteroatoms. The van der Waals surface area contributed by atoms with Crippen LogP contribution >= 0.6 is 11.8 Å². The Labute approximate surface area is 272 Å². The smallest absolute Gasteiger partial charge is 0.303 e. The van der Waals surface area contributed by atoms with Crippen LogP contribution in [0, 0.1) is 11.1 Å². The van der Waals surface area contributed by atoms with E-state index in [1.807, 2.05) is 78.9 Å². The molecule has 46 heavy (non-hydrogen) atoms. The summed E-state index contributed by atoms with van der Waals surface area (Å²) in [6, 6.07) is 29.0. The minimum Gasteiger partial charge on any atom is -0.618 e. The molecule has 1 aromatic heterocycles. The van der Waals surface area contributed by atoms with Gasteiger partial charge in [0, 0.05) is 48.8 Å². The summed E-state index contributed by atoms with van der Waals surface area (Å²) in [4.78, 5) is 22.8. The van der Waals surface area contributed by atoms with Crippen molar-refractivity contribution < 1.29 is 34.0 Å². The number of rotatable bonds is 13. The summed E-state index contributed by atoms with van der Waals surface area (Å²) in [5.74, 6) is -0.518. The highest BCUT2D eigenvalue weighted by Gasteiger charge is 2.38. The number of aliphatic hydroxyl groups is 1. The second kappa shape index (κ2) is 15.9. The fraction of sp³-hybridized carbons (Fsp3) is 0.306. The van der Waals surface area contributed by atoms with Crippen LogP contribution < -0.4 is 10.0 Å². The number of nitrogens with one attached hydrogen (secondary N) is 1. The fourth-order valence-corrected chi connectivity index (χ4v) is 6.46. The molecule has 240 valence electrons. The lowest BCUT2D eigenvalue weighted by atomic mass is 9.91. The summed E-state index contributed by atoms with van der Waals surface area (Å²) in [6.45, 7) is 2.42. The monoisotopic (exact) mass is 642 g/mol. The number of carboxylic acids is 1. The van der Waals surface area contributed by atoms with Gasteiger partial charge in [-0.15, -0.1) is 0 Å². The van der Waals surface area contributed by atoms with E-state index < -0.39 is 12.3 Å². The van der Waals surface area contributed by atoms with E-state index in [1.165, 1.54) is 18.0 Å². The van der Waals surface area contributed by atoms with Gasteiger partial charge in [-0.1, -0.05) is 85.4 Å². The molecular weight excluding hydrogens is 604 g/mol. The molecule has 0 aliphatic carbocycles. The number of aliphatic carboxylic acids is 1. The van der Waals surface area contributed by atoms with Crippen molar-refractivity contribution in [1.82, 2.24) is 5.32 Å². The molecule has 3 N–H and O–H groups in total. The molecule has 1 amide bonds. The summed E-state index contributed by atoms with van der Waals surface area (Å²) in [5.41, 5.74) is 5.62. The van der Waals surface area contributed by atoms with Gasteiger partial charge in [0.1, 0.15) is 0 Å². The van der Waals surface area contributed by atoms with Gasteiger partial charge in [0.05, 0.1) is 18.8 Å². The highest BCUT2D eigenvalue weighted by Crippen LogP contribution is 2.43. The molecule has 2 heterocycles. The fourth-order valence-electron chi connectivity index (χ4n) is 5.38. The molecule has 1 aliphatic rings. The van der Waals surface area contributed by atoms with E-state index in [9.17, 15) is 19.9 Å². The zero-order chi connectivity index (χ0) is 32.5. The van der Waals surface area contributed by atoms with Gasteiger partial charge in [0.2, 0.25) is 5.91 Å². The van der Waals surface area contributed by atoms with Crippen LogP contribution in [0.15, 0.2) is 102 Å². The number of benzene rings is 3. The van der Waals surface area contributed by atoms with Crippen molar-refractivity contribution in [3.63, 3.8) is 0 Å². The number of thioether (sulfide) groups is 1. The Morgan fingerprint density at radius 1 is 0.891 bits per heavy atom. The minimum atomic E-state index is -0.906. The summed E-state index contributed by atoms with van der Waals surface area (Å²) >= 11 is 1.46. The van der Waals surface area contributed by atoms with Crippen LogP contribution in [-0.2, 0) is 32.2 Å². The quantitative estimate of drug-likeness (QED) is 0.0929. The van der Waals surface area contributed by atoms with Crippen molar-refractivity contribution in [3.8, 4) is 11.1 Å². The summed E-state index contributed by atoms with van der Waals surface area (Å²) in [5, 5.41) is 34.0. The summed E-state index contributed by atoms with van der Waals surface area (Å²) in [6.07, 6.45) is 0.855. The van der Waals surface area contributed by atoms with E-state index in [0.29, 0.717) is 23.7 Å². The minimum absolute atomic E-state index is 0.00721. The van der Waals surface area contributed by atoms with E-state index in [2.05, 4.69) is 12.2 Å². The number of hydrogen-bond acceptors (Lipinski definition) is 7. The molecular formula is C36H38N2O7S. The molecule has 9 nitrogen and oxygen atoms in total. The molecule has 0 saturated carbocycles. The Balaban J connectivity index is 1.29. The first-order valence-corrected chi connectivity index (χ1v) is 16.3. The third kappa shape index (κ3) is 8.73. The first-order valence-electron chi connectivity index (χ1n) is 15.3. The number of hydrogen-bond donors (Lipinski definition) is 3. The maximum absolute atomic E-state index is 12.3. The Bertz CT molecular complexity index is 1610. The molecule has 4 aromatic rings. The number of amides is 1. The molecule has 0 radical (unpaired) electrons. The van der Waals surface area contributed by atoms with E-state index in [1.54, 1.807) is 12.1 Å². The molecule has 1 saturated heterocycles. The predicted octanol–water partition coefficient (Wildman–Crippen LogP) is 5.93. The highest BCUT2D eigenvalue weighted by molar-refractivity contribution is 7.99. The van der Waals surface area contributed by atoms with Gasteiger partial charge >= 0.3 is 5.97 Å². The predicted molar refractivity (Wildman–Crippen MR) is 174 cm³/mol. The van der Waals surface area contributed by atoms with E-state index >= 15 is 0 Å². The Kier molecular flexibility index (Phi) is 11.4. The molecule has 0 spiro atoms. The van der Waals surface area contributed by atoms with Gasteiger partial charge in [0.15, 0.2) is 12.5 Å². The highest BCUT2D eigenvalue weighted by atomic mass is 32.2. The maximum atomic E-state index is 12.3. The second-order valence-corrected chi connectivity index (χ2v) is 12.4. The lowest BCUT2D eigenvalue weighted by molar-refractivity contribution is -0.645. The van der Waals surface area contributed by atoms with E-state index in [-0.39, 0.29) is 43.5 Å². The van der Waals surface area contributed by atoms with Crippen molar-refractivity contribution in [2.24, 2.45) is 5.92 Å². The standard InChI is InChI=1S/C36H38N2O7S/c1-24-31(23-46-33-9-2-3-19-38(33)43)44-36(45-35(24)28-13-11-25(22-39)12-14-28)29-17-15-27(16-18-29)30-7-4-6-26(20-30)21-37-32(40)8-5-10-34(41)42/h2-4,6-7,9,11-20,24,31,35-36,39H,5,8,10,21-23H2,1H3,(H,37,40)(H,41,42)/t24-,31+,35+,36+/m0/s1. The van der Waals surface area contributed by atoms with Crippen LogP contribution in [0.4, 0.5) is 0 Å². The first kappa shape index (κ1) is 33.2. The molecule has 0 unspecified atom stereocenters. The van der Waals surface area contributed by atoms with Crippen LogP contribution in [0.5, 0.6) is 0 Å². The van der Waals surface area contributed by atoms with Gasteiger partial charge in [-0.2, -0.15) is 4.73 Å². The van der Waals surface area contributed by atoms with Gasteiger partial charge in [0.25, 0.3) is 5.03 Å². The number of carbonyl (C=O) groups is 2. The number of nitrogens with zero attached hydrogens (tertiary/aromatic N) is 1. The van der Waals surface area contributed by atoms with Crippen LogP contribution in [0.25, 0.3) is 11.1 Å². The van der Waals surface area contributed by atoms with E-state index in [4.69, 9.17) is 14.6 Å². The van der Waals surface area contributed by atoms with Crippen molar-refractivity contribution in [1.29, 1.82) is 0 Å². The zero-order valence-electron chi connectivity index (χ0n) is 25.6. The Morgan fingerprint density at radius 2 is 1.65 bits per heavy atom. The van der Waals surface area contributed by atoms with Crippen molar-refractivity contribution in [3.05, 3.63) is 125 Å². The lowest BCUT2D eigenvalue weighted by Gasteiger charge is -2.41. The molecule has 5 rings (SSSR count). The van der Waals surface area contributed by atoms with E-state index in [0.717, 1.165) is 38.1 Å². The molecule has 0 bridgehead atoms. The Morgan fingerprint density at radius 3 is 2.37 bits per heavy atom. The SMILES string of the molecule is C[C@H]1[C@@H](CSc2cccc[n+]2[O-])O[C@@H](c2ccc(-c3cccc(CNC(=O)CCCC(=O)O)c3)cc2)O[C@H]1c1ccc(CO)cc1. The normalized spacial score (nSPS) is 19.4. The van der Waals surface area contributed by atoms with Crippen molar-refractivity contribution in [2.45, 2.75) is 62.9 Å². The number of pyridine rings is 1. The first-order chi connectivity index (χ1) is 22.3. The average Bonchev–Trinajstić information content (AvgIpc) is 3.07.